The second-order valence-electron chi connectivity index (χ2n) is 4.98. The Kier molecular flexibility index (Phi) is 4.56. The van der Waals surface area contributed by atoms with Crippen molar-refractivity contribution in [2.75, 3.05) is 26.8 Å². The highest BCUT2D eigenvalue weighted by Crippen LogP contribution is 2.23. The maximum atomic E-state index is 10.4. The van der Waals surface area contributed by atoms with Crippen molar-refractivity contribution in [3.8, 4) is 0 Å². The van der Waals surface area contributed by atoms with E-state index in [9.17, 15) is 5.11 Å². The molecule has 1 saturated heterocycles. The van der Waals surface area contributed by atoms with Gasteiger partial charge in [0.2, 0.25) is 0 Å². The molecular formula is C13H19ClN2O2. The molecule has 1 aliphatic heterocycles. The second kappa shape index (κ2) is 5.97. The van der Waals surface area contributed by atoms with Gasteiger partial charge in [0, 0.05) is 51.5 Å². The summed E-state index contributed by atoms with van der Waals surface area (Å²) in [6, 6.07) is 1.91. The monoisotopic (exact) mass is 270 g/mol. The third-order valence-electron chi connectivity index (χ3n) is 3.28. The highest BCUT2D eigenvalue weighted by atomic mass is 35.5. The number of hydrogen-bond donors (Lipinski definition) is 1. The zero-order valence-corrected chi connectivity index (χ0v) is 11.4. The van der Waals surface area contributed by atoms with Crippen molar-refractivity contribution >= 4 is 11.6 Å². The van der Waals surface area contributed by atoms with Crippen molar-refractivity contribution in [1.82, 2.24) is 9.88 Å². The summed E-state index contributed by atoms with van der Waals surface area (Å²) in [5.74, 6) is 0. The van der Waals surface area contributed by atoms with Gasteiger partial charge in [0.25, 0.3) is 0 Å². The van der Waals surface area contributed by atoms with Crippen molar-refractivity contribution in [2.24, 2.45) is 0 Å². The summed E-state index contributed by atoms with van der Waals surface area (Å²) in [5, 5.41) is 11.1. The van der Waals surface area contributed by atoms with Crippen LogP contribution in [0.15, 0.2) is 18.5 Å². The first kappa shape index (κ1) is 13.7. The number of rotatable bonds is 4. The molecule has 2 rings (SSSR count). The first-order valence-electron chi connectivity index (χ1n) is 6.16. The third-order valence-corrected chi connectivity index (χ3v) is 3.62. The smallest absolute Gasteiger partial charge is 0.0817 e. The van der Waals surface area contributed by atoms with Crippen LogP contribution in [0.4, 0.5) is 0 Å². The van der Waals surface area contributed by atoms with Crippen LogP contribution >= 0.6 is 11.6 Å². The fourth-order valence-electron chi connectivity index (χ4n) is 2.29. The molecule has 4 nitrogen and oxygen atoms in total. The first-order valence-corrected chi connectivity index (χ1v) is 6.54. The van der Waals surface area contributed by atoms with Crippen LogP contribution in [0, 0.1) is 0 Å². The Morgan fingerprint density at radius 2 is 2.22 bits per heavy atom. The number of likely N-dealkylation sites (N-methyl/N-ethyl adjacent to an activating group) is 1. The van der Waals surface area contributed by atoms with Crippen molar-refractivity contribution < 1.29 is 9.84 Å². The third kappa shape index (κ3) is 3.65. The van der Waals surface area contributed by atoms with Gasteiger partial charge in [0.05, 0.1) is 10.6 Å². The molecule has 100 valence electrons. The lowest BCUT2D eigenvalue weighted by molar-refractivity contribution is -0.0777. The fourth-order valence-corrected chi connectivity index (χ4v) is 2.47. The molecule has 0 amide bonds. The maximum absolute atomic E-state index is 10.4. The van der Waals surface area contributed by atoms with E-state index in [0.717, 1.165) is 5.56 Å². The minimum Gasteiger partial charge on any atom is -0.388 e. The summed E-state index contributed by atoms with van der Waals surface area (Å²) < 4.78 is 5.28. The molecule has 1 aliphatic rings. The van der Waals surface area contributed by atoms with Crippen LogP contribution in [0.3, 0.4) is 0 Å². The summed E-state index contributed by atoms with van der Waals surface area (Å²) in [6.45, 7) is 2.63. The van der Waals surface area contributed by atoms with Crippen molar-refractivity contribution in [3.05, 3.63) is 29.0 Å². The molecule has 2 heterocycles. The molecular weight excluding hydrogens is 252 g/mol. The van der Waals surface area contributed by atoms with Crippen LogP contribution < -0.4 is 0 Å². The van der Waals surface area contributed by atoms with E-state index in [-0.39, 0.29) is 0 Å². The van der Waals surface area contributed by atoms with Crippen LogP contribution in [-0.4, -0.2) is 47.4 Å². The molecule has 0 bridgehead atoms. The van der Waals surface area contributed by atoms with Gasteiger partial charge < -0.3 is 9.84 Å². The lowest BCUT2D eigenvalue weighted by Gasteiger charge is -2.35. The van der Waals surface area contributed by atoms with Crippen molar-refractivity contribution in [3.63, 3.8) is 0 Å². The van der Waals surface area contributed by atoms with Crippen molar-refractivity contribution in [1.29, 1.82) is 0 Å². The molecule has 0 atom stereocenters. The molecule has 0 aliphatic carbocycles. The van der Waals surface area contributed by atoms with E-state index in [1.54, 1.807) is 12.4 Å². The highest BCUT2D eigenvalue weighted by Gasteiger charge is 2.30. The fraction of sp³-hybridized carbons (Fsp3) is 0.615. The van der Waals surface area contributed by atoms with E-state index in [1.807, 2.05) is 13.1 Å². The van der Waals surface area contributed by atoms with Crippen LogP contribution in [0.25, 0.3) is 0 Å². The number of pyridine rings is 1. The summed E-state index contributed by atoms with van der Waals surface area (Å²) in [7, 11) is 1.99. The molecule has 1 aromatic rings. The van der Waals surface area contributed by atoms with Gasteiger partial charge in [0.1, 0.15) is 0 Å². The normalized spacial score (nSPS) is 19.1. The van der Waals surface area contributed by atoms with Gasteiger partial charge in [-0.15, -0.1) is 0 Å². The van der Waals surface area contributed by atoms with E-state index < -0.39 is 5.60 Å². The van der Waals surface area contributed by atoms with Crippen LogP contribution in [0.2, 0.25) is 5.02 Å². The number of halogens is 1. The van der Waals surface area contributed by atoms with Crippen LogP contribution in [-0.2, 0) is 11.3 Å². The Bertz CT molecular complexity index is 394. The Balaban J connectivity index is 1.92. The summed E-state index contributed by atoms with van der Waals surface area (Å²) >= 11 is 6.07. The highest BCUT2D eigenvalue weighted by molar-refractivity contribution is 6.31. The van der Waals surface area contributed by atoms with E-state index in [4.69, 9.17) is 16.3 Å². The molecule has 0 saturated carbocycles. The summed E-state index contributed by atoms with van der Waals surface area (Å²) in [6.07, 6.45) is 4.77. The number of aromatic nitrogens is 1. The molecule has 0 unspecified atom stereocenters. The maximum Gasteiger partial charge on any atom is 0.0817 e. The molecule has 0 aromatic carbocycles. The summed E-state index contributed by atoms with van der Waals surface area (Å²) in [4.78, 5) is 6.05. The Hall–Kier alpha value is -0.680. The van der Waals surface area contributed by atoms with Gasteiger partial charge >= 0.3 is 0 Å². The van der Waals surface area contributed by atoms with E-state index >= 15 is 0 Å². The molecule has 1 aromatic heterocycles. The predicted octanol–water partition coefficient (Wildman–Crippen LogP) is 1.71. The Morgan fingerprint density at radius 1 is 1.50 bits per heavy atom. The van der Waals surface area contributed by atoms with Gasteiger partial charge in [0.15, 0.2) is 0 Å². The largest absolute Gasteiger partial charge is 0.388 e. The van der Waals surface area contributed by atoms with Gasteiger partial charge in [-0.2, -0.15) is 0 Å². The zero-order chi connectivity index (χ0) is 13.0. The standard InChI is InChI=1S/C13H19ClN2O2/c1-16(9-11-2-5-15-8-12(11)14)10-13(17)3-6-18-7-4-13/h2,5,8,17H,3-4,6-7,9-10H2,1H3. The molecule has 18 heavy (non-hydrogen) atoms. The lowest BCUT2D eigenvalue weighted by Crippen LogP contribution is -2.45. The average Bonchev–Trinajstić information content (AvgIpc) is 2.32. The lowest BCUT2D eigenvalue weighted by atomic mass is 9.94. The van der Waals surface area contributed by atoms with Gasteiger partial charge in [-0.1, -0.05) is 11.6 Å². The molecule has 0 spiro atoms. The van der Waals surface area contributed by atoms with Crippen LogP contribution in [0.5, 0.6) is 0 Å². The summed E-state index contributed by atoms with van der Waals surface area (Å²) in [5.41, 5.74) is 0.400. The minimum atomic E-state index is -0.632. The number of aliphatic hydroxyl groups is 1. The SMILES string of the molecule is CN(Cc1ccncc1Cl)CC1(O)CCOCC1. The van der Waals surface area contributed by atoms with Crippen molar-refractivity contribution in [2.45, 2.75) is 25.0 Å². The number of hydrogen-bond acceptors (Lipinski definition) is 4. The molecule has 5 heteroatoms. The first-order chi connectivity index (χ1) is 8.59. The van der Waals surface area contributed by atoms with Crippen LogP contribution in [0.1, 0.15) is 18.4 Å². The topological polar surface area (TPSA) is 45.6 Å². The van der Waals surface area contributed by atoms with Gasteiger partial charge in [-0.25, -0.2) is 0 Å². The van der Waals surface area contributed by atoms with E-state index in [0.29, 0.717) is 44.2 Å². The molecule has 1 N–H and O–H groups in total. The number of nitrogens with zero attached hydrogens (tertiary/aromatic N) is 2. The number of ether oxygens (including phenoxy) is 1. The molecule has 1 fully saturated rings. The minimum absolute atomic E-state index is 0.632. The van der Waals surface area contributed by atoms with E-state index in [1.165, 1.54) is 0 Å². The Labute approximate surface area is 113 Å². The predicted molar refractivity (Wildman–Crippen MR) is 70.6 cm³/mol. The average molecular weight is 271 g/mol. The quantitative estimate of drug-likeness (QED) is 0.905. The zero-order valence-electron chi connectivity index (χ0n) is 10.6. The van der Waals surface area contributed by atoms with Gasteiger partial charge in [-0.05, 0) is 18.7 Å². The second-order valence-corrected chi connectivity index (χ2v) is 5.38. The Morgan fingerprint density at radius 3 is 2.89 bits per heavy atom. The van der Waals surface area contributed by atoms with E-state index in [2.05, 4.69) is 9.88 Å². The van der Waals surface area contributed by atoms with Gasteiger partial charge in [-0.3, -0.25) is 9.88 Å². The molecule has 0 radical (unpaired) electrons.